The molecule has 2 saturated heterocycles. The SMILES string of the molecule is CN(CC1CCNCC1)C1CNC1. The first kappa shape index (κ1) is 9.44. The van der Waals surface area contributed by atoms with Crippen LogP contribution in [0.2, 0.25) is 0 Å². The summed E-state index contributed by atoms with van der Waals surface area (Å²) in [5, 5.41) is 6.74. The van der Waals surface area contributed by atoms with Gasteiger partial charge in [-0.2, -0.15) is 0 Å². The van der Waals surface area contributed by atoms with Gasteiger partial charge in [-0.3, -0.25) is 0 Å². The Bertz CT molecular complexity index is 150. The van der Waals surface area contributed by atoms with Gasteiger partial charge >= 0.3 is 0 Å². The quantitative estimate of drug-likeness (QED) is 0.639. The van der Waals surface area contributed by atoms with Crippen molar-refractivity contribution in [1.29, 1.82) is 0 Å². The summed E-state index contributed by atoms with van der Waals surface area (Å²) in [7, 11) is 2.27. The van der Waals surface area contributed by atoms with Crippen LogP contribution in [0.25, 0.3) is 0 Å². The van der Waals surface area contributed by atoms with E-state index in [1.54, 1.807) is 0 Å². The van der Waals surface area contributed by atoms with Gasteiger partial charge in [0.2, 0.25) is 0 Å². The Morgan fingerprint density at radius 3 is 2.38 bits per heavy atom. The molecule has 0 atom stereocenters. The summed E-state index contributed by atoms with van der Waals surface area (Å²) in [4.78, 5) is 2.53. The molecule has 2 fully saturated rings. The lowest BCUT2D eigenvalue weighted by molar-refractivity contribution is 0.144. The first-order chi connectivity index (χ1) is 6.36. The fourth-order valence-corrected chi connectivity index (χ4v) is 2.21. The summed E-state index contributed by atoms with van der Waals surface area (Å²) in [5.41, 5.74) is 0. The van der Waals surface area contributed by atoms with E-state index in [1.165, 1.54) is 45.6 Å². The number of nitrogens with one attached hydrogen (secondary N) is 2. The molecule has 0 aromatic carbocycles. The standard InChI is InChI=1S/C10H21N3/c1-13(10-6-12-7-10)8-9-2-4-11-5-3-9/h9-12H,2-8H2,1H3. The molecule has 3 nitrogen and oxygen atoms in total. The Morgan fingerprint density at radius 1 is 1.15 bits per heavy atom. The topological polar surface area (TPSA) is 27.3 Å². The second-order valence-corrected chi connectivity index (χ2v) is 4.45. The molecule has 76 valence electrons. The second kappa shape index (κ2) is 4.40. The van der Waals surface area contributed by atoms with E-state index in [1.807, 2.05) is 0 Å². The van der Waals surface area contributed by atoms with Crippen LogP contribution < -0.4 is 10.6 Å². The third kappa shape index (κ3) is 2.42. The van der Waals surface area contributed by atoms with Crippen LogP contribution in [-0.2, 0) is 0 Å². The molecule has 0 aromatic rings. The molecule has 0 saturated carbocycles. The van der Waals surface area contributed by atoms with Gasteiger partial charge in [0.25, 0.3) is 0 Å². The summed E-state index contributed by atoms with van der Waals surface area (Å²) in [6.45, 7) is 6.14. The fraction of sp³-hybridized carbons (Fsp3) is 1.00. The molecule has 2 rings (SSSR count). The average Bonchev–Trinajstić information content (AvgIpc) is 2.02. The van der Waals surface area contributed by atoms with Crippen LogP contribution >= 0.6 is 0 Å². The van der Waals surface area contributed by atoms with Gasteiger partial charge in [-0.05, 0) is 38.9 Å². The summed E-state index contributed by atoms with van der Waals surface area (Å²) in [5.74, 6) is 0.937. The molecule has 0 amide bonds. The number of likely N-dealkylation sites (N-methyl/N-ethyl adjacent to an activating group) is 1. The maximum atomic E-state index is 3.41. The summed E-state index contributed by atoms with van der Waals surface area (Å²) < 4.78 is 0. The molecule has 2 heterocycles. The smallest absolute Gasteiger partial charge is 0.0342 e. The Labute approximate surface area is 80.9 Å². The monoisotopic (exact) mass is 183 g/mol. The van der Waals surface area contributed by atoms with E-state index < -0.39 is 0 Å². The predicted octanol–water partition coefficient (Wildman–Crippen LogP) is -0.110. The lowest BCUT2D eigenvalue weighted by Gasteiger charge is -2.38. The minimum atomic E-state index is 0.815. The maximum Gasteiger partial charge on any atom is 0.0342 e. The summed E-state index contributed by atoms with van der Waals surface area (Å²) >= 11 is 0. The van der Waals surface area contributed by atoms with Crippen LogP contribution in [0.1, 0.15) is 12.8 Å². The highest BCUT2D eigenvalue weighted by atomic mass is 15.2. The van der Waals surface area contributed by atoms with Crippen molar-refractivity contribution in [3.8, 4) is 0 Å². The zero-order valence-corrected chi connectivity index (χ0v) is 8.55. The third-order valence-corrected chi connectivity index (χ3v) is 3.39. The van der Waals surface area contributed by atoms with Crippen molar-refractivity contribution in [3.05, 3.63) is 0 Å². The molecule has 2 aliphatic rings. The van der Waals surface area contributed by atoms with Crippen LogP contribution in [0.4, 0.5) is 0 Å². The van der Waals surface area contributed by atoms with Gasteiger partial charge < -0.3 is 15.5 Å². The Hall–Kier alpha value is -0.120. The van der Waals surface area contributed by atoms with E-state index in [0.717, 1.165) is 12.0 Å². The van der Waals surface area contributed by atoms with Gasteiger partial charge in [-0.15, -0.1) is 0 Å². The molecule has 0 unspecified atom stereocenters. The van der Waals surface area contributed by atoms with Gasteiger partial charge in [-0.1, -0.05) is 0 Å². The first-order valence-electron chi connectivity index (χ1n) is 5.48. The van der Waals surface area contributed by atoms with Gasteiger partial charge in [-0.25, -0.2) is 0 Å². The number of piperidine rings is 1. The van der Waals surface area contributed by atoms with Crippen molar-refractivity contribution in [2.45, 2.75) is 18.9 Å². The highest BCUT2D eigenvalue weighted by Crippen LogP contribution is 2.14. The molecule has 0 spiro atoms. The third-order valence-electron chi connectivity index (χ3n) is 3.39. The van der Waals surface area contributed by atoms with Crippen LogP contribution in [0, 0.1) is 5.92 Å². The molecular weight excluding hydrogens is 162 g/mol. The Balaban J connectivity index is 1.69. The van der Waals surface area contributed by atoms with Gasteiger partial charge in [0, 0.05) is 25.7 Å². The van der Waals surface area contributed by atoms with E-state index in [0.29, 0.717) is 0 Å². The fourth-order valence-electron chi connectivity index (χ4n) is 2.21. The van der Waals surface area contributed by atoms with Crippen molar-refractivity contribution in [2.75, 3.05) is 39.8 Å². The van der Waals surface area contributed by atoms with E-state index in [4.69, 9.17) is 0 Å². The van der Waals surface area contributed by atoms with Crippen molar-refractivity contribution < 1.29 is 0 Å². The molecule has 13 heavy (non-hydrogen) atoms. The highest BCUT2D eigenvalue weighted by Gasteiger charge is 2.24. The van der Waals surface area contributed by atoms with Gasteiger partial charge in [0.1, 0.15) is 0 Å². The Kier molecular flexibility index (Phi) is 3.19. The molecule has 3 heteroatoms. The molecule has 0 radical (unpaired) electrons. The van der Waals surface area contributed by atoms with Crippen LogP contribution in [0.3, 0.4) is 0 Å². The van der Waals surface area contributed by atoms with Crippen LogP contribution in [0.5, 0.6) is 0 Å². The number of nitrogens with zero attached hydrogens (tertiary/aromatic N) is 1. The van der Waals surface area contributed by atoms with E-state index in [2.05, 4.69) is 22.6 Å². The van der Waals surface area contributed by atoms with Gasteiger partial charge in [0.05, 0.1) is 0 Å². The lowest BCUT2D eigenvalue weighted by Crippen LogP contribution is -2.57. The molecule has 2 N–H and O–H groups in total. The van der Waals surface area contributed by atoms with E-state index in [9.17, 15) is 0 Å². The zero-order valence-electron chi connectivity index (χ0n) is 8.55. The molecule has 2 aliphatic heterocycles. The number of rotatable bonds is 3. The normalized spacial score (nSPS) is 26.3. The minimum absolute atomic E-state index is 0.815. The van der Waals surface area contributed by atoms with Crippen molar-refractivity contribution in [1.82, 2.24) is 15.5 Å². The predicted molar refractivity (Wildman–Crippen MR) is 54.9 cm³/mol. The van der Waals surface area contributed by atoms with Crippen LogP contribution in [-0.4, -0.2) is 50.7 Å². The molecule has 0 aromatic heterocycles. The average molecular weight is 183 g/mol. The van der Waals surface area contributed by atoms with Crippen molar-refractivity contribution in [2.24, 2.45) is 5.92 Å². The minimum Gasteiger partial charge on any atom is -0.317 e. The van der Waals surface area contributed by atoms with Crippen LogP contribution in [0.15, 0.2) is 0 Å². The summed E-state index contributed by atoms with van der Waals surface area (Å²) in [6, 6.07) is 0.815. The maximum absolute atomic E-state index is 3.41. The van der Waals surface area contributed by atoms with Crippen molar-refractivity contribution >= 4 is 0 Å². The molecule has 0 bridgehead atoms. The highest BCUT2D eigenvalue weighted by molar-refractivity contribution is 4.84. The van der Waals surface area contributed by atoms with E-state index >= 15 is 0 Å². The lowest BCUT2D eigenvalue weighted by atomic mass is 9.96. The molecular formula is C10H21N3. The molecule has 0 aliphatic carbocycles. The number of hydrogen-bond donors (Lipinski definition) is 2. The summed E-state index contributed by atoms with van der Waals surface area (Å²) in [6.07, 6.45) is 2.73. The Morgan fingerprint density at radius 2 is 1.85 bits per heavy atom. The van der Waals surface area contributed by atoms with Crippen molar-refractivity contribution in [3.63, 3.8) is 0 Å². The second-order valence-electron chi connectivity index (χ2n) is 4.45. The largest absolute Gasteiger partial charge is 0.317 e. The number of hydrogen-bond acceptors (Lipinski definition) is 3. The van der Waals surface area contributed by atoms with E-state index in [-0.39, 0.29) is 0 Å². The van der Waals surface area contributed by atoms with Gasteiger partial charge in [0.15, 0.2) is 0 Å². The zero-order chi connectivity index (χ0) is 9.10. The first-order valence-corrected chi connectivity index (χ1v) is 5.48.